The summed E-state index contributed by atoms with van der Waals surface area (Å²) >= 11 is 6.32. The standard InChI is InChI=1S/C8H17N3OS2/c1-5-11(6-2)8(13)14-9-7(12)10(3)4/h5-6H2,1-4H3,(H,9,12). The highest BCUT2D eigenvalue weighted by molar-refractivity contribution is 8.21. The molecule has 0 aromatic rings. The van der Waals surface area contributed by atoms with Gasteiger partial charge in [-0.2, -0.15) is 0 Å². The first-order valence-electron chi connectivity index (χ1n) is 4.45. The lowest BCUT2D eigenvalue weighted by Crippen LogP contribution is -2.34. The smallest absolute Gasteiger partial charge is 0.327 e. The number of urea groups is 1. The molecule has 0 saturated carbocycles. The monoisotopic (exact) mass is 235 g/mol. The van der Waals surface area contributed by atoms with Crippen molar-refractivity contribution in [2.45, 2.75) is 13.8 Å². The van der Waals surface area contributed by atoms with Crippen molar-refractivity contribution in [3.05, 3.63) is 0 Å². The van der Waals surface area contributed by atoms with E-state index in [1.165, 1.54) is 16.8 Å². The first-order chi connectivity index (χ1) is 6.52. The summed E-state index contributed by atoms with van der Waals surface area (Å²) in [4.78, 5) is 14.6. The molecule has 0 aromatic carbocycles. The largest absolute Gasteiger partial charge is 0.357 e. The van der Waals surface area contributed by atoms with E-state index >= 15 is 0 Å². The summed E-state index contributed by atoms with van der Waals surface area (Å²) in [5.41, 5.74) is 0. The number of nitrogens with one attached hydrogen (secondary N) is 1. The highest BCUT2D eigenvalue weighted by Gasteiger charge is 2.09. The fraction of sp³-hybridized carbons (Fsp3) is 0.750. The van der Waals surface area contributed by atoms with Crippen molar-refractivity contribution in [1.29, 1.82) is 0 Å². The van der Waals surface area contributed by atoms with Crippen LogP contribution in [0.2, 0.25) is 0 Å². The molecule has 1 N–H and O–H groups in total. The third-order valence-corrected chi connectivity index (χ3v) is 2.87. The summed E-state index contributed by atoms with van der Waals surface area (Å²) in [6.07, 6.45) is 0. The van der Waals surface area contributed by atoms with Gasteiger partial charge in [0.15, 0.2) is 4.32 Å². The predicted octanol–water partition coefficient (Wildman–Crippen LogP) is 1.53. The summed E-state index contributed by atoms with van der Waals surface area (Å²) in [7, 11) is 3.38. The molecule has 0 fully saturated rings. The molecule has 0 aliphatic rings. The van der Waals surface area contributed by atoms with Crippen LogP contribution >= 0.6 is 24.2 Å². The lowest BCUT2D eigenvalue weighted by atomic mass is 10.6. The van der Waals surface area contributed by atoms with Gasteiger partial charge in [-0.25, -0.2) is 4.79 Å². The predicted molar refractivity (Wildman–Crippen MR) is 65.3 cm³/mol. The molecule has 0 aliphatic heterocycles. The van der Waals surface area contributed by atoms with E-state index in [1.807, 2.05) is 18.7 Å². The highest BCUT2D eigenvalue weighted by Crippen LogP contribution is 2.05. The van der Waals surface area contributed by atoms with Crippen LogP contribution in [0.4, 0.5) is 4.79 Å². The van der Waals surface area contributed by atoms with Crippen molar-refractivity contribution in [2.75, 3.05) is 27.2 Å². The molecule has 14 heavy (non-hydrogen) atoms. The van der Waals surface area contributed by atoms with Crippen molar-refractivity contribution < 1.29 is 4.79 Å². The topological polar surface area (TPSA) is 35.6 Å². The van der Waals surface area contributed by atoms with Gasteiger partial charge in [0.2, 0.25) is 0 Å². The summed E-state index contributed by atoms with van der Waals surface area (Å²) in [6.45, 7) is 5.79. The van der Waals surface area contributed by atoms with Crippen LogP contribution in [0.1, 0.15) is 13.8 Å². The number of thiocarbonyl (C=S) groups is 1. The minimum absolute atomic E-state index is 0.149. The summed E-state index contributed by atoms with van der Waals surface area (Å²) < 4.78 is 3.35. The molecular weight excluding hydrogens is 218 g/mol. The van der Waals surface area contributed by atoms with Crippen LogP contribution in [0, 0.1) is 0 Å². The Morgan fingerprint density at radius 2 is 1.86 bits per heavy atom. The van der Waals surface area contributed by atoms with E-state index in [-0.39, 0.29) is 6.03 Å². The molecule has 2 amide bonds. The zero-order valence-corrected chi connectivity index (χ0v) is 10.7. The third kappa shape index (κ3) is 4.66. The normalized spacial score (nSPS) is 9.43. The molecule has 0 rings (SSSR count). The van der Waals surface area contributed by atoms with Crippen molar-refractivity contribution >= 4 is 34.5 Å². The maximum Gasteiger partial charge on any atom is 0.327 e. The Labute approximate surface area is 95.1 Å². The maximum absolute atomic E-state index is 11.2. The Morgan fingerprint density at radius 1 is 1.36 bits per heavy atom. The summed E-state index contributed by atoms with van der Waals surface area (Å²) in [6, 6.07) is -0.149. The fourth-order valence-electron chi connectivity index (χ4n) is 0.725. The lowest BCUT2D eigenvalue weighted by molar-refractivity contribution is 0.224. The van der Waals surface area contributed by atoms with Gasteiger partial charge >= 0.3 is 6.03 Å². The van der Waals surface area contributed by atoms with Crippen LogP contribution in [-0.4, -0.2) is 47.3 Å². The van der Waals surface area contributed by atoms with E-state index in [2.05, 4.69) is 4.72 Å². The van der Waals surface area contributed by atoms with Crippen molar-refractivity contribution in [3.63, 3.8) is 0 Å². The van der Waals surface area contributed by atoms with Gasteiger partial charge in [0, 0.05) is 39.1 Å². The molecule has 0 spiro atoms. The second-order valence-electron chi connectivity index (χ2n) is 2.84. The zero-order valence-electron chi connectivity index (χ0n) is 9.03. The molecule has 0 aliphatic carbocycles. The van der Waals surface area contributed by atoms with Crippen molar-refractivity contribution in [3.8, 4) is 0 Å². The molecule has 0 saturated heterocycles. The summed E-state index contributed by atoms with van der Waals surface area (Å²) in [5, 5.41) is 0. The molecule has 0 heterocycles. The maximum atomic E-state index is 11.2. The SMILES string of the molecule is CCN(CC)C(=S)SNC(=O)N(C)C. The molecule has 0 bridgehead atoms. The first-order valence-corrected chi connectivity index (χ1v) is 5.68. The van der Waals surface area contributed by atoms with Gasteiger partial charge in [-0.15, -0.1) is 0 Å². The van der Waals surface area contributed by atoms with E-state index in [1.54, 1.807) is 14.1 Å². The number of amides is 2. The Bertz CT molecular complexity index is 205. The van der Waals surface area contributed by atoms with E-state index in [0.717, 1.165) is 13.1 Å². The average Bonchev–Trinajstić information content (AvgIpc) is 2.15. The molecule has 0 unspecified atom stereocenters. The van der Waals surface area contributed by atoms with Crippen LogP contribution in [-0.2, 0) is 0 Å². The Kier molecular flexibility index (Phi) is 6.65. The Balaban J connectivity index is 3.89. The number of rotatable bonds is 2. The average molecular weight is 235 g/mol. The van der Waals surface area contributed by atoms with Crippen LogP contribution < -0.4 is 4.72 Å². The van der Waals surface area contributed by atoms with Crippen LogP contribution in [0.3, 0.4) is 0 Å². The minimum Gasteiger partial charge on any atom is -0.357 e. The second kappa shape index (κ2) is 6.89. The van der Waals surface area contributed by atoms with E-state index < -0.39 is 0 Å². The molecule has 82 valence electrons. The number of carbonyl (C=O) groups is 1. The minimum atomic E-state index is -0.149. The Hall–Kier alpha value is -0.490. The lowest BCUT2D eigenvalue weighted by Gasteiger charge is -2.21. The van der Waals surface area contributed by atoms with Gasteiger partial charge in [-0.05, 0) is 13.8 Å². The van der Waals surface area contributed by atoms with E-state index in [4.69, 9.17) is 12.2 Å². The van der Waals surface area contributed by atoms with Gasteiger partial charge in [0.1, 0.15) is 0 Å². The van der Waals surface area contributed by atoms with Gasteiger partial charge in [-0.1, -0.05) is 12.2 Å². The second-order valence-corrected chi connectivity index (χ2v) is 4.28. The van der Waals surface area contributed by atoms with Crippen LogP contribution in [0.5, 0.6) is 0 Å². The molecule has 4 nitrogen and oxygen atoms in total. The fourth-order valence-corrected chi connectivity index (χ4v) is 1.85. The van der Waals surface area contributed by atoms with Gasteiger partial charge in [0.25, 0.3) is 0 Å². The van der Waals surface area contributed by atoms with Gasteiger partial charge < -0.3 is 9.80 Å². The van der Waals surface area contributed by atoms with Crippen molar-refractivity contribution in [1.82, 2.24) is 14.5 Å². The van der Waals surface area contributed by atoms with Gasteiger partial charge in [0.05, 0.1) is 0 Å². The third-order valence-electron chi connectivity index (χ3n) is 1.65. The molecular formula is C8H17N3OS2. The van der Waals surface area contributed by atoms with Crippen LogP contribution in [0.25, 0.3) is 0 Å². The van der Waals surface area contributed by atoms with Crippen LogP contribution in [0.15, 0.2) is 0 Å². The quantitative estimate of drug-likeness (QED) is 0.581. The molecule has 0 atom stereocenters. The number of hydrogen-bond donors (Lipinski definition) is 1. The number of hydrogen-bond acceptors (Lipinski definition) is 3. The van der Waals surface area contributed by atoms with Crippen molar-refractivity contribution in [2.24, 2.45) is 0 Å². The zero-order chi connectivity index (χ0) is 11.1. The van der Waals surface area contributed by atoms with E-state index in [0.29, 0.717) is 4.32 Å². The van der Waals surface area contributed by atoms with Gasteiger partial charge in [-0.3, -0.25) is 4.72 Å². The molecule has 0 radical (unpaired) electrons. The first kappa shape index (κ1) is 13.5. The number of nitrogens with zero attached hydrogens (tertiary/aromatic N) is 2. The summed E-state index contributed by atoms with van der Waals surface area (Å²) in [5.74, 6) is 0. The van der Waals surface area contributed by atoms with E-state index in [9.17, 15) is 4.79 Å². The molecule has 6 heteroatoms. The highest BCUT2D eigenvalue weighted by atomic mass is 32.2. The number of carbonyl (C=O) groups excluding carboxylic acids is 1. The Morgan fingerprint density at radius 3 is 2.21 bits per heavy atom. The molecule has 0 aromatic heterocycles.